The molecule has 254 valence electrons. The van der Waals surface area contributed by atoms with E-state index in [1.54, 1.807) is 32.0 Å². The zero-order chi connectivity index (χ0) is 34.5. The highest BCUT2D eigenvalue weighted by atomic mass is 31.2. The van der Waals surface area contributed by atoms with Crippen molar-refractivity contribution in [2.75, 3.05) is 18.6 Å². The van der Waals surface area contributed by atoms with Crippen LogP contribution in [0.2, 0.25) is 0 Å². The molecule has 1 aromatic carbocycles. The summed E-state index contributed by atoms with van der Waals surface area (Å²) in [6, 6.07) is 5.57. The van der Waals surface area contributed by atoms with Crippen LogP contribution in [-0.2, 0) is 20.6 Å². The number of nitrogens with one attached hydrogen (secondary N) is 2. The van der Waals surface area contributed by atoms with Crippen LogP contribution in [0.25, 0.3) is 11.3 Å². The van der Waals surface area contributed by atoms with Gasteiger partial charge in [0.05, 0.1) is 29.9 Å². The number of benzene rings is 1. The predicted molar refractivity (Wildman–Crippen MR) is 171 cm³/mol. The van der Waals surface area contributed by atoms with E-state index >= 15 is 0 Å². The molecule has 4 heterocycles. The molecule has 6 rings (SSSR count). The molecule has 16 heteroatoms. The van der Waals surface area contributed by atoms with Gasteiger partial charge >= 0.3 is 7.60 Å². The van der Waals surface area contributed by atoms with Gasteiger partial charge in [-0.25, -0.2) is 13.5 Å². The van der Waals surface area contributed by atoms with Crippen LogP contribution in [0, 0.1) is 30.9 Å². The number of carbonyl (C=O) groups excluding carboxylic acids is 2. The lowest BCUT2D eigenvalue weighted by molar-refractivity contribution is -0.119. The second-order valence-electron chi connectivity index (χ2n) is 12.7. The minimum Gasteiger partial charge on any atom is -0.493 e. The molecule has 3 atom stereocenters. The molecule has 13 nitrogen and oxygen atoms in total. The molecule has 2 amide bonds. The van der Waals surface area contributed by atoms with Crippen molar-refractivity contribution in [3.05, 3.63) is 77.0 Å². The van der Waals surface area contributed by atoms with Crippen LogP contribution >= 0.6 is 7.60 Å². The third kappa shape index (κ3) is 6.49. The zero-order valence-corrected chi connectivity index (χ0v) is 27.9. The number of fused-ring (bicyclic) bond motifs is 1. The van der Waals surface area contributed by atoms with Gasteiger partial charge in [-0.15, -0.1) is 0 Å². The topological polar surface area (TPSA) is 162 Å². The molecule has 1 spiro atoms. The number of nitrogens with zero attached hydrogens (tertiary/aromatic N) is 5. The summed E-state index contributed by atoms with van der Waals surface area (Å²) in [5, 5.41) is 14.4. The zero-order valence-electron chi connectivity index (χ0n) is 27.0. The van der Waals surface area contributed by atoms with E-state index in [2.05, 4.69) is 25.8 Å². The third-order valence-corrected chi connectivity index (χ3v) is 9.43. The van der Waals surface area contributed by atoms with Crippen molar-refractivity contribution in [3.8, 4) is 17.0 Å². The highest BCUT2D eigenvalue weighted by molar-refractivity contribution is 7.51. The fraction of sp³-hybridized carbons (Fsp3) is 0.406. The number of halogens is 2. The Bertz CT molecular complexity index is 1930. The second kappa shape index (κ2) is 12.5. The van der Waals surface area contributed by atoms with E-state index in [4.69, 9.17) is 9.26 Å². The van der Waals surface area contributed by atoms with E-state index in [-0.39, 0.29) is 30.8 Å². The molecule has 2 unspecified atom stereocenters. The number of amides is 2. The maximum Gasteiger partial charge on any atom is 0.326 e. The van der Waals surface area contributed by atoms with E-state index in [0.717, 1.165) is 18.8 Å². The average molecular weight is 684 g/mol. The van der Waals surface area contributed by atoms with Crippen molar-refractivity contribution in [3.63, 3.8) is 0 Å². The van der Waals surface area contributed by atoms with Crippen molar-refractivity contribution >= 4 is 25.1 Å². The minimum atomic E-state index is -3.71. The number of rotatable bonds is 10. The van der Waals surface area contributed by atoms with Gasteiger partial charge in [-0.1, -0.05) is 0 Å². The minimum absolute atomic E-state index is 0.124. The predicted octanol–water partition coefficient (Wildman–Crippen LogP) is 5.10. The fourth-order valence-corrected chi connectivity index (χ4v) is 6.64. The SMILES string of the molecule is Cc1nn(COP(C)(=O)O)c(C)c1-c1ccc(NC(=O)[C@@H](NC(=O)c2ccnn2C(C)C)C2c3cc(F)c(F)cc3OCC23CC3)cn1. The number of aromatic nitrogens is 5. The first-order valence-electron chi connectivity index (χ1n) is 15.4. The third-order valence-electron chi connectivity index (χ3n) is 8.84. The number of hydrogen-bond donors (Lipinski definition) is 3. The number of aryl methyl sites for hydroxylation is 1. The van der Waals surface area contributed by atoms with E-state index in [1.165, 1.54) is 21.8 Å². The Labute approximate surface area is 275 Å². The van der Waals surface area contributed by atoms with E-state index < -0.39 is 48.4 Å². The molecule has 1 aliphatic heterocycles. The molecule has 1 fully saturated rings. The van der Waals surface area contributed by atoms with Crippen molar-refractivity contribution in [2.24, 2.45) is 5.41 Å². The van der Waals surface area contributed by atoms with Gasteiger partial charge in [-0.05, 0) is 64.8 Å². The molecule has 0 bridgehead atoms. The molecular formula is C32H36F2N7O6P. The lowest BCUT2D eigenvalue weighted by Gasteiger charge is -2.38. The monoisotopic (exact) mass is 683 g/mol. The van der Waals surface area contributed by atoms with Crippen LogP contribution in [0.3, 0.4) is 0 Å². The molecule has 4 aromatic rings. The van der Waals surface area contributed by atoms with Crippen molar-refractivity contribution in [1.29, 1.82) is 0 Å². The smallest absolute Gasteiger partial charge is 0.326 e. The fourth-order valence-electron chi connectivity index (χ4n) is 6.31. The molecule has 3 aromatic heterocycles. The maximum atomic E-state index is 14.6. The normalized spacial score (nSPS) is 18.1. The molecule has 0 saturated heterocycles. The second-order valence-corrected chi connectivity index (χ2v) is 14.5. The van der Waals surface area contributed by atoms with E-state index in [1.807, 2.05) is 13.8 Å². The largest absolute Gasteiger partial charge is 0.493 e. The first kappa shape index (κ1) is 33.4. The Balaban J connectivity index is 1.31. The summed E-state index contributed by atoms with van der Waals surface area (Å²) in [6.07, 6.45) is 4.29. The van der Waals surface area contributed by atoms with Crippen LogP contribution in [0.5, 0.6) is 5.75 Å². The maximum absolute atomic E-state index is 14.6. The van der Waals surface area contributed by atoms with Crippen molar-refractivity contribution in [2.45, 2.75) is 65.3 Å². The summed E-state index contributed by atoms with van der Waals surface area (Å²) in [5.41, 5.74) is 2.82. The summed E-state index contributed by atoms with van der Waals surface area (Å²) < 4.78 is 54.3. The molecule has 1 saturated carbocycles. The number of anilines is 1. The standard InChI is InChI=1S/C32H36F2N7O6P/c1-17(2)41-25(8-11-36-41)30(42)38-29(28-21-12-22(33)23(34)13-26(21)46-15-32(28)9-10-32)31(43)37-20-6-7-24(35-14-20)27-18(3)39-40(19(27)4)16-47-48(5,44)45/h6-8,11-14,17,28-29H,9-10,15-16H2,1-5H3,(H,37,43)(H,38,42)(H,44,45)/t28?,29-/m0/s1. The van der Waals surface area contributed by atoms with Gasteiger partial charge in [0.2, 0.25) is 5.91 Å². The first-order chi connectivity index (χ1) is 22.7. The summed E-state index contributed by atoms with van der Waals surface area (Å²) in [4.78, 5) is 41.9. The van der Waals surface area contributed by atoms with Gasteiger partial charge in [0.15, 0.2) is 11.6 Å². The summed E-state index contributed by atoms with van der Waals surface area (Å²) >= 11 is 0. The van der Waals surface area contributed by atoms with Gasteiger partial charge in [0.25, 0.3) is 5.91 Å². The lowest BCUT2D eigenvalue weighted by Crippen LogP contribution is -2.52. The Hall–Kier alpha value is -4.46. The summed E-state index contributed by atoms with van der Waals surface area (Å²) in [7, 11) is -3.71. The van der Waals surface area contributed by atoms with Crippen molar-refractivity contribution in [1.82, 2.24) is 29.9 Å². The molecular weight excluding hydrogens is 647 g/mol. The van der Waals surface area contributed by atoms with Gasteiger partial charge in [0.1, 0.15) is 24.2 Å². The van der Waals surface area contributed by atoms with Gasteiger partial charge in [-0.3, -0.25) is 28.3 Å². The highest BCUT2D eigenvalue weighted by Crippen LogP contribution is 2.61. The molecule has 1 aliphatic carbocycles. The molecule has 48 heavy (non-hydrogen) atoms. The molecule has 2 aliphatic rings. The summed E-state index contributed by atoms with van der Waals surface area (Å²) in [6.45, 7) is 8.35. The first-order valence-corrected chi connectivity index (χ1v) is 17.4. The van der Waals surface area contributed by atoms with Gasteiger partial charge in [0, 0.05) is 53.1 Å². The van der Waals surface area contributed by atoms with Crippen LogP contribution in [0.15, 0.2) is 42.7 Å². The van der Waals surface area contributed by atoms with Gasteiger partial charge in [-0.2, -0.15) is 10.2 Å². The number of carbonyl (C=O) groups is 2. The van der Waals surface area contributed by atoms with E-state index in [0.29, 0.717) is 46.7 Å². The van der Waals surface area contributed by atoms with Crippen LogP contribution in [0.1, 0.15) is 66.1 Å². The summed E-state index contributed by atoms with van der Waals surface area (Å²) in [5.74, 6) is -3.87. The number of pyridine rings is 1. The Kier molecular flexibility index (Phi) is 8.73. The number of hydrogen-bond acceptors (Lipinski definition) is 8. The van der Waals surface area contributed by atoms with Crippen LogP contribution in [-0.4, -0.2) is 60.6 Å². The highest BCUT2D eigenvalue weighted by Gasteiger charge is 2.58. The number of ether oxygens (including phenoxy) is 1. The van der Waals surface area contributed by atoms with Crippen LogP contribution in [0.4, 0.5) is 14.5 Å². The molecule has 0 radical (unpaired) electrons. The van der Waals surface area contributed by atoms with Gasteiger partial charge < -0.3 is 20.3 Å². The molecule has 3 N–H and O–H groups in total. The quantitative estimate of drug-likeness (QED) is 0.193. The average Bonchev–Trinajstić information content (AvgIpc) is 3.48. The van der Waals surface area contributed by atoms with Crippen molar-refractivity contribution < 1.29 is 37.1 Å². The van der Waals surface area contributed by atoms with Crippen LogP contribution < -0.4 is 15.4 Å². The van der Waals surface area contributed by atoms with E-state index in [9.17, 15) is 27.8 Å². The Morgan fingerprint density at radius 3 is 2.56 bits per heavy atom. The Morgan fingerprint density at radius 1 is 1.19 bits per heavy atom. The Morgan fingerprint density at radius 2 is 1.92 bits per heavy atom. The lowest BCUT2D eigenvalue weighted by atomic mass is 9.75.